The van der Waals surface area contributed by atoms with E-state index in [0.717, 1.165) is 17.0 Å². The highest BCUT2D eigenvalue weighted by atomic mass is 79.9. The first kappa shape index (κ1) is 10.8. The largest absolute Gasteiger partial charge is 0.394 e. The van der Waals surface area contributed by atoms with Gasteiger partial charge in [-0.05, 0) is 15.9 Å². The second kappa shape index (κ2) is 4.87. The number of nitrogens with zero attached hydrogens (tertiary/aromatic N) is 3. The van der Waals surface area contributed by atoms with Gasteiger partial charge in [0.05, 0.1) is 19.3 Å². The molecule has 1 aliphatic heterocycles. The van der Waals surface area contributed by atoms with Crippen LogP contribution < -0.4 is 4.90 Å². The van der Waals surface area contributed by atoms with Crippen LogP contribution >= 0.6 is 15.9 Å². The first-order valence-corrected chi connectivity index (χ1v) is 5.54. The molecule has 82 valence electrons. The Labute approximate surface area is 96.2 Å². The van der Waals surface area contributed by atoms with Crippen molar-refractivity contribution in [2.45, 2.75) is 6.10 Å². The van der Waals surface area contributed by atoms with E-state index in [0.29, 0.717) is 13.2 Å². The molecule has 15 heavy (non-hydrogen) atoms. The van der Waals surface area contributed by atoms with Crippen molar-refractivity contribution in [1.82, 2.24) is 9.97 Å². The molecule has 0 spiro atoms. The molecule has 1 fully saturated rings. The molecule has 1 saturated heterocycles. The molecule has 1 unspecified atom stereocenters. The third-order valence-electron chi connectivity index (χ3n) is 2.29. The summed E-state index contributed by atoms with van der Waals surface area (Å²) < 4.78 is 6.13. The van der Waals surface area contributed by atoms with Gasteiger partial charge in [-0.3, -0.25) is 0 Å². The van der Waals surface area contributed by atoms with E-state index in [1.54, 1.807) is 0 Å². The van der Waals surface area contributed by atoms with Crippen LogP contribution in [0.1, 0.15) is 0 Å². The molecular weight excluding hydrogens is 262 g/mol. The summed E-state index contributed by atoms with van der Waals surface area (Å²) in [5.41, 5.74) is 0. The van der Waals surface area contributed by atoms with Gasteiger partial charge in [0.1, 0.15) is 16.7 Å². The van der Waals surface area contributed by atoms with Crippen molar-refractivity contribution in [3.05, 3.63) is 17.0 Å². The molecule has 5 nitrogen and oxygen atoms in total. The maximum absolute atomic E-state index is 9.02. The smallest absolute Gasteiger partial charge is 0.133 e. The van der Waals surface area contributed by atoms with E-state index in [1.165, 1.54) is 6.33 Å². The summed E-state index contributed by atoms with van der Waals surface area (Å²) in [5.74, 6) is 0.860. The van der Waals surface area contributed by atoms with Gasteiger partial charge in [-0.25, -0.2) is 9.97 Å². The van der Waals surface area contributed by atoms with E-state index < -0.39 is 0 Å². The molecule has 1 aromatic heterocycles. The van der Waals surface area contributed by atoms with Crippen LogP contribution in [0.4, 0.5) is 5.82 Å². The lowest BCUT2D eigenvalue weighted by Gasteiger charge is -2.32. The lowest BCUT2D eigenvalue weighted by molar-refractivity contribution is 0.00335. The summed E-state index contributed by atoms with van der Waals surface area (Å²) >= 11 is 3.30. The predicted octanol–water partition coefficient (Wildman–Crippen LogP) is 0.437. The average Bonchev–Trinajstić information content (AvgIpc) is 2.29. The van der Waals surface area contributed by atoms with E-state index in [2.05, 4.69) is 30.8 Å². The van der Waals surface area contributed by atoms with E-state index in [-0.39, 0.29) is 12.7 Å². The van der Waals surface area contributed by atoms with Gasteiger partial charge in [0.15, 0.2) is 0 Å². The number of aromatic nitrogens is 2. The van der Waals surface area contributed by atoms with Crippen molar-refractivity contribution in [3.8, 4) is 0 Å². The monoisotopic (exact) mass is 273 g/mol. The summed E-state index contributed by atoms with van der Waals surface area (Å²) in [6.07, 6.45) is 1.40. The zero-order valence-corrected chi connectivity index (χ0v) is 9.72. The normalized spacial score (nSPS) is 21.7. The first-order valence-electron chi connectivity index (χ1n) is 4.74. The van der Waals surface area contributed by atoms with Gasteiger partial charge in [0.25, 0.3) is 0 Å². The standard InChI is InChI=1S/C9H12BrN3O2/c10-8-3-9(12-6-11-8)13-1-2-15-7(4-13)5-14/h3,6-7,14H,1-2,4-5H2. The minimum Gasteiger partial charge on any atom is -0.394 e. The van der Waals surface area contributed by atoms with Crippen molar-refractivity contribution in [2.24, 2.45) is 0 Å². The molecule has 1 aromatic rings. The van der Waals surface area contributed by atoms with Gasteiger partial charge in [-0.1, -0.05) is 0 Å². The Morgan fingerprint density at radius 2 is 2.47 bits per heavy atom. The van der Waals surface area contributed by atoms with Gasteiger partial charge >= 0.3 is 0 Å². The van der Waals surface area contributed by atoms with Crippen molar-refractivity contribution in [3.63, 3.8) is 0 Å². The maximum Gasteiger partial charge on any atom is 0.133 e. The molecule has 1 atom stereocenters. The number of anilines is 1. The van der Waals surface area contributed by atoms with Crippen molar-refractivity contribution >= 4 is 21.7 Å². The Hall–Kier alpha value is -0.720. The van der Waals surface area contributed by atoms with E-state index >= 15 is 0 Å². The van der Waals surface area contributed by atoms with Gasteiger partial charge in [0.2, 0.25) is 0 Å². The molecule has 1 aliphatic rings. The third-order valence-corrected chi connectivity index (χ3v) is 2.72. The fourth-order valence-electron chi connectivity index (χ4n) is 1.54. The number of morpholine rings is 1. The highest BCUT2D eigenvalue weighted by Crippen LogP contribution is 2.17. The van der Waals surface area contributed by atoms with Crippen LogP contribution in [0, 0.1) is 0 Å². The topological polar surface area (TPSA) is 58.5 Å². The summed E-state index contributed by atoms with van der Waals surface area (Å²) in [6, 6.07) is 1.86. The summed E-state index contributed by atoms with van der Waals surface area (Å²) in [7, 11) is 0. The zero-order chi connectivity index (χ0) is 10.7. The molecule has 2 rings (SSSR count). The second-order valence-corrected chi connectivity index (χ2v) is 4.13. The Morgan fingerprint density at radius 1 is 1.60 bits per heavy atom. The number of ether oxygens (including phenoxy) is 1. The number of hydrogen-bond acceptors (Lipinski definition) is 5. The molecule has 0 saturated carbocycles. The van der Waals surface area contributed by atoms with Crippen molar-refractivity contribution in [2.75, 3.05) is 31.2 Å². The Morgan fingerprint density at radius 3 is 3.20 bits per heavy atom. The summed E-state index contributed by atoms with van der Waals surface area (Å²) in [5, 5.41) is 9.02. The lowest BCUT2D eigenvalue weighted by Crippen LogP contribution is -2.44. The van der Waals surface area contributed by atoms with Crippen LogP contribution in [0.3, 0.4) is 0 Å². The van der Waals surface area contributed by atoms with Crippen LogP contribution in [0.25, 0.3) is 0 Å². The van der Waals surface area contributed by atoms with Crippen LogP contribution in [0.15, 0.2) is 17.0 Å². The van der Waals surface area contributed by atoms with Crippen LogP contribution in [-0.4, -0.2) is 47.5 Å². The molecule has 0 aromatic carbocycles. The van der Waals surface area contributed by atoms with Crippen LogP contribution in [-0.2, 0) is 4.74 Å². The first-order chi connectivity index (χ1) is 7.29. The molecule has 2 heterocycles. The van der Waals surface area contributed by atoms with Crippen LogP contribution in [0.5, 0.6) is 0 Å². The van der Waals surface area contributed by atoms with Crippen LogP contribution in [0.2, 0.25) is 0 Å². The van der Waals surface area contributed by atoms with Crippen molar-refractivity contribution < 1.29 is 9.84 Å². The fraction of sp³-hybridized carbons (Fsp3) is 0.556. The highest BCUT2D eigenvalue weighted by Gasteiger charge is 2.20. The molecule has 0 radical (unpaired) electrons. The summed E-state index contributed by atoms with van der Waals surface area (Å²) in [4.78, 5) is 10.2. The maximum atomic E-state index is 9.02. The molecule has 6 heteroatoms. The van der Waals surface area contributed by atoms with E-state index in [4.69, 9.17) is 9.84 Å². The Bertz CT molecular complexity index is 337. The Balaban J connectivity index is 2.09. The molecule has 1 N–H and O–H groups in total. The average molecular weight is 274 g/mol. The lowest BCUT2D eigenvalue weighted by atomic mass is 10.3. The number of aliphatic hydroxyl groups is 1. The van der Waals surface area contributed by atoms with Gasteiger partial charge in [0, 0.05) is 19.2 Å². The van der Waals surface area contributed by atoms with E-state index in [1.807, 2.05) is 6.07 Å². The molecule has 0 amide bonds. The quantitative estimate of drug-likeness (QED) is 0.793. The molecule has 0 bridgehead atoms. The highest BCUT2D eigenvalue weighted by molar-refractivity contribution is 9.10. The second-order valence-electron chi connectivity index (χ2n) is 3.32. The zero-order valence-electron chi connectivity index (χ0n) is 8.14. The van der Waals surface area contributed by atoms with Crippen molar-refractivity contribution in [1.29, 1.82) is 0 Å². The molecule has 0 aliphatic carbocycles. The predicted molar refractivity (Wildman–Crippen MR) is 58.8 cm³/mol. The minimum absolute atomic E-state index is 0.0444. The number of rotatable bonds is 2. The SMILES string of the molecule is OCC1CN(c2cc(Br)ncn2)CCO1. The third kappa shape index (κ3) is 2.64. The molecular formula is C9H12BrN3O2. The Kier molecular flexibility index (Phi) is 3.50. The van der Waals surface area contributed by atoms with Gasteiger partial charge in [-0.2, -0.15) is 0 Å². The number of aliphatic hydroxyl groups excluding tert-OH is 1. The minimum atomic E-state index is -0.118. The summed E-state index contributed by atoms with van der Waals surface area (Å²) in [6.45, 7) is 2.12. The van der Waals surface area contributed by atoms with Gasteiger partial charge in [-0.15, -0.1) is 0 Å². The number of halogens is 1. The van der Waals surface area contributed by atoms with Gasteiger partial charge < -0.3 is 14.7 Å². The van der Waals surface area contributed by atoms with E-state index in [9.17, 15) is 0 Å². The fourth-order valence-corrected chi connectivity index (χ4v) is 1.83. The number of hydrogen-bond donors (Lipinski definition) is 1.